The van der Waals surface area contributed by atoms with Gasteiger partial charge in [-0.15, -0.1) is 0 Å². The highest BCUT2D eigenvalue weighted by molar-refractivity contribution is 5.97. The van der Waals surface area contributed by atoms with E-state index >= 15 is 0 Å². The molecule has 31 heavy (non-hydrogen) atoms. The summed E-state index contributed by atoms with van der Waals surface area (Å²) in [5.41, 5.74) is 0.755. The summed E-state index contributed by atoms with van der Waals surface area (Å²) >= 11 is 0. The maximum Gasteiger partial charge on any atom is 0.336 e. The normalized spacial score (nSPS) is 10.7. The largest absolute Gasteiger partial charge is 0.485 e. The number of carbonyl (C=O) groups is 1. The number of nitro groups is 1. The van der Waals surface area contributed by atoms with Crippen molar-refractivity contribution in [2.45, 2.75) is 0 Å². The molecule has 1 aromatic heterocycles. The van der Waals surface area contributed by atoms with Gasteiger partial charge >= 0.3 is 5.63 Å². The first kappa shape index (κ1) is 20.0. The first-order valence-electron chi connectivity index (χ1n) is 9.15. The fourth-order valence-electron chi connectivity index (χ4n) is 3.13. The van der Waals surface area contributed by atoms with Gasteiger partial charge in [0.1, 0.15) is 17.1 Å². The molecule has 0 amide bonds. The van der Waals surface area contributed by atoms with Gasteiger partial charge in [0.2, 0.25) is 0 Å². The Morgan fingerprint density at radius 2 is 1.81 bits per heavy atom. The van der Waals surface area contributed by atoms with E-state index in [9.17, 15) is 24.1 Å². The quantitative estimate of drug-likeness (QED) is 0.193. The zero-order valence-electron chi connectivity index (χ0n) is 15.9. The fraction of sp³-hybridized carbons (Fsp3) is 0.0435. The van der Waals surface area contributed by atoms with Crippen molar-refractivity contribution in [3.63, 3.8) is 0 Å². The Morgan fingerprint density at radius 1 is 1.03 bits per heavy atom. The lowest BCUT2D eigenvalue weighted by molar-refractivity contribution is -0.384. The van der Waals surface area contributed by atoms with E-state index in [1.807, 2.05) is 0 Å². The van der Waals surface area contributed by atoms with Gasteiger partial charge in [-0.3, -0.25) is 14.9 Å². The van der Waals surface area contributed by atoms with Gasteiger partial charge in [-0.05, 0) is 42.0 Å². The van der Waals surface area contributed by atoms with E-state index in [2.05, 4.69) is 0 Å². The Hall–Kier alpha value is -4.33. The van der Waals surface area contributed by atoms with Crippen LogP contribution >= 0.6 is 0 Å². The molecule has 0 aliphatic rings. The number of non-ortho nitro benzene ring substituents is 1. The second-order valence-electron chi connectivity index (χ2n) is 6.66. The van der Waals surface area contributed by atoms with Crippen molar-refractivity contribution in [2.24, 2.45) is 0 Å². The monoisotopic (exact) mass is 419 g/mol. The molecule has 1 heterocycles. The number of hydrogen-bond donors (Lipinski definition) is 0. The molecule has 8 heteroatoms. The zero-order chi connectivity index (χ0) is 22.0. The first-order valence-corrected chi connectivity index (χ1v) is 9.15. The third-order valence-electron chi connectivity index (χ3n) is 4.62. The van der Waals surface area contributed by atoms with E-state index in [0.717, 1.165) is 0 Å². The molecule has 4 rings (SSSR count). The van der Waals surface area contributed by atoms with Crippen LogP contribution in [0.4, 0.5) is 10.1 Å². The smallest absolute Gasteiger partial charge is 0.336 e. The van der Waals surface area contributed by atoms with Gasteiger partial charge < -0.3 is 9.15 Å². The van der Waals surface area contributed by atoms with E-state index in [0.29, 0.717) is 27.8 Å². The van der Waals surface area contributed by atoms with Crippen molar-refractivity contribution in [3.05, 3.63) is 105 Å². The van der Waals surface area contributed by atoms with Crippen molar-refractivity contribution >= 4 is 22.4 Å². The number of fused-ring (bicyclic) bond motifs is 1. The third-order valence-corrected chi connectivity index (χ3v) is 4.62. The van der Waals surface area contributed by atoms with Crippen LogP contribution in [0, 0.1) is 15.9 Å². The SMILES string of the molecule is O=C(COc1ccc2c(-c3cccc([N+](=O)[O-])c3)cc(=O)oc2c1)c1ccc(F)cc1. The molecule has 0 fully saturated rings. The molecule has 0 radical (unpaired) electrons. The minimum Gasteiger partial charge on any atom is -0.485 e. The average molecular weight is 419 g/mol. The lowest BCUT2D eigenvalue weighted by Gasteiger charge is -2.09. The van der Waals surface area contributed by atoms with Crippen molar-refractivity contribution in [3.8, 4) is 16.9 Å². The lowest BCUT2D eigenvalue weighted by Crippen LogP contribution is -2.11. The summed E-state index contributed by atoms with van der Waals surface area (Å²) in [7, 11) is 0. The van der Waals surface area contributed by atoms with E-state index in [1.165, 1.54) is 54.6 Å². The molecule has 154 valence electrons. The van der Waals surface area contributed by atoms with Gasteiger partial charge in [-0.2, -0.15) is 0 Å². The molecule has 0 aliphatic heterocycles. The molecule has 0 saturated carbocycles. The van der Waals surface area contributed by atoms with Crippen LogP contribution in [0.25, 0.3) is 22.1 Å². The molecule has 4 aromatic rings. The Labute approximate surface area is 174 Å². The number of hydrogen-bond acceptors (Lipinski definition) is 6. The summed E-state index contributed by atoms with van der Waals surface area (Å²) in [6.45, 7) is -0.286. The highest BCUT2D eigenvalue weighted by atomic mass is 19.1. The van der Waals surface area contributed by atoms with Gasteiger partial charge in [-0.25, -0.2) is 9.18 Å². The number of carbonyl (C=O) groups excluding carboxylic acids is 1. The van der Waals surface area contributed by atoms with E-state index in [-0.39, 0.29) is 23.7 Å². The van der Waals surface area contributed by atoms with Crippen molar-refractivity contribution in [1.29, 1.82) is 0 Å². The second-order valence-corrected chi connectivity index (χ2v) is 6.66. The van der Waals surface area contributed by atoms with Gasteiger partial charge in [0, 0.05) is 40.8 Å². The number of halogens is 1. The number of ketones is 1. The summed E-state index contributed by atoms with van der Waals surface area (Å²) in [6.07, 6.45) is 0. The molecular formula is C23H14FNO6. The van der Waals surface area contributed by atoms with E-state index in [1.54, 1.807) is 18.2 Å². The Kier molecular flexibility index (Phi) is 5.28. The van der Waals surface area contributed by atoms with Gasteiger partial charge in [-0.1, -0.05) is 12.1 Å². The van der Waals surface area contributed by atoms with E-state index in [4.69, 9.17) is 9.15 Å². The Morgan fingerprint density at radius 3 is 2.55 bits per heavy atom. The summed E-state index contributed by atoms with van der Waals surface area (Å²) in [5, 5.41) is 11.6. The molecule has 3 aromatic carbocycles. The van der Waals surface area contributed by atoms with Crippen molar-refractivity contribution in [1.82, 2.24) is 0 Å². The molecule has 0 bridgehead atoms. The van der Waals surface area contributed by atoms with Crippen LogP contribution in [0.15, 0.2) is 82.0 Å². The first-order chi connectivity index (χ1) is 14.9. The second kappa shape index (κ2) is 8.19. The Balaban J connectivity index is 1.63. The molecule has 0 aliphatic carbocycles. The number of benzene rings is 3. The van der Waals surface area contributed by atoms with Gasteiger partial charge in [0.05, 0.1) is 4.92 Å². The predicted molar refractivity (Wildman–Crippen MR) is 111 cm³/mol. The maximum atomic E-state index is 13.0. The summed E-state index contributed by atoms with van der Waals surface area (Å²) in [5.74, 6) is -0.490. The number of Topliss-reactive ketones (excluding diaryl/α,β-unsaturated/α-hetero) is 1. The minimum absolute atomic E-state index is 0.0989. The number of ether oxygens (including phenoxy) is 1. The van der Waals surface area contributed by atoms with Gasteiger partial charge in [0.15, 0.2) is 12.4 Å². The molecule has 0 saturated heterocycles. The number of nitro benzene ring substituents is 1. The molecule has 0 spiro atoms. The number of nitrogens with zero attached hydrogens (tertiary/aromatic N) is 1. The highest BCUT2D eigenvalue weighted by Gasteiger charge is 2.13. The Bertz CT molecular complexity index is 1360. The molecular weight excluding hydrogens is 405 g/mol. The van der Waals surface area contributed by atoms with Crippen LogP contribution in [-0.4, -0.2) is 17.3 Å². The van der Waals surface area contributed by atoms with Crippen LogP contribution in [0.5, 0.6) is 5.75 Å². The van der Waals surface area contributed by atoms with Crippen molar-refractivity contribution in [2.75, 3.05) is 6.61 Å². The van der Waals surface area contributed by atoms with Crippen LogP contribution in [0.1, 0.15) is 10.4 Å². The minimum atomic E-state index is -0.631. The third kappa shape index (κ3) is 4.32. The number of rotatable bonds is 6. The summed E-state index contributed by atoms with van der Waals surface area (Å²) in [6, 6.07) is 17.0. The van der Waals surface area contributed by atoms with Crippen molar-refractivity contribution < 1.29 is 23.3 Å². The zero-order valence-corrected chi connectivity index (χ0v) is 15.9. The maximum absolute atomic E-state index is 13.0. The molecule has 0 unspecified atom stereocenters. The highest BCUT2D eigenvalue weighted by Crippen LogP contribution is 2.31. The topological polar surface area (TPSA) is 99.6 Å². The molecule has 0 atom stereocenters. The molecule has 0 N–H and O–H groups in total. The van der Waals surface area contributed by atoms with Crippen LogP contribution in [0.3, 0.4) is 0 Å². The fourth-order valence-corrected chi connectivity index (χ4v) is 3.13. The van der Waals surface area contributed by atoms with Crippen LogP contribution < -0.4 is 10.4 Å². The average Bonchev–Trinajstić information content (AvgIpc) is 2.77. The predicted octanol–water partition coefficient (Wildman–Crippen LogP) is 4.77. The standard InChI is InChI=1S/C23H14FNO6/c24-16-6-4-14(5-7-16)21(26)13-30-18-8-9-19-20(12-23(27)31-22(19)11-18)15-2-1-3-17(10-15)25(28)29/h1-12H,13H2. The van der Waals surface area contributed by atoms with Gasteiger partial charge in [0.25, 0.3) is 5.69 Å². The van der Waals surface area contributed by atoms with Crippen LogP contribution in [-0.2, 0) is 0 Å². The van der Waals surface area contributed by atoms with E-state index < -0.39 is 16.4 Å². The summed E-state index contributed by atoms with van der Waals surface area (Å²) in [4.78, 5) is 34.8. The summed E-state index contributed by atoms with van der Waals surface area (Å²) < 4.78 is 23.7. The van der Waals surface area contributed by atoms with Crippen LogP contribution in [0.2, 0.25) is 0 Å². The molecule has 7 nitrogen and oxygen atoms in total. The lowest BCUT2D eigenvalue weighted by atomic mass is 10.0.